The van der Waals surface area contributed by atoms with Crippen LogP contribution in [0.2, 0.25) is 0 Å². The molecule has 10 heteroatoms. The maximum absolute atomic E-state index is 12.3. The van der Waals surface area contributed by atoms with Crippen LogP contribution in [0, 0.1) is 6.92 Å². The Hall–Kier alpha value is -3.24. The molecule has 1 saturated heterocycles. The summed E-state index contributed by atoms with van der Waals surface area (Å²) < 4.78 is 7.66. The third-order valence-electron chi connectivity index (χ3n) is 6.29. The molecule has 0 saturated carbocycles. The Kier molecular flexibility index (Phi) is 5.63. The van der Waals surface area contributed by atoms with Gasteiger partial charge in [0, 0.05) is 31.3 Å². The molecule has 0 spiro atoms. The second kappa shape index (κ2) is 8.60. The highest BCUT2D eigenvalue weighted by Gasteiger charge is 2.28. The summed E-state index contributed by atoms with van der Waals surface area (Å²) in [6.45, 7) is 5.74. The Bertz CT molecular complexity index is 1290. The highest BCUT2D eigenvalue weighted by molar-refractivity contribution is 7.15. The molecule has 1 aliphatic heterocycles. The first-order valence-electron chi connectivity index (χ1n) is 11.0. The number of piperidine rings is 1. The predicted molar refractivity (Wildman–Crippen MR) is 128 cm³/mol. The van der Waals surface area contributed by atoms with E-state index >= 15 is 0 Å². The van der Waals surface area contributed by atoms with Crippen molar-refractivity contribution in [3.63, 3.8) is 0 Å². The molecule has 4 aromatic rings. The lowest BCUT2D eigenvalue weighted by molar-refractivity contribution is 0.0894. The van der Waals surface area contributed by atoms with E-state index in [0.717, 1.165) is 59.4 Å². The Balaban J connectivity index is 1.77. The Labute approximate surface area is 195 Å². The molecule has 1 amide bonds. The van der Waals surface area contributed by atoms with E-state index in [1.54, 1.807) is 24.6 Å². The number of aromatic amines is 1. The van der Waals surface area contributed by atoms with E-state index in [9.17, 15) is 4.79 Å². The van der Waals surface area contributed by atoms with Gasteiger partial charge in [-0.3, -0.25) is 14.3 Å². The number of primary amides is 1. The van der Waals surface area contributed by atoms with Crippen LogP contribution in [0.15, 0.2) is 30.7 Å². The molecule has 5 rings (SSSR count). The van der Waals surface area contributed by atoms with E-state index in [1.807, 2.05) is 10.5 Å². The van der Waals surface area contributed by atoms with Crippen LogP contribution in [-0.4, -0.2) is 56.8 Å². The molecule has 3 N–H and O–H groups in total. The number of nitrogens with two attached hydrogens (primary N) is 1. The summed E-state index contributed by atoms with van der Waals surface area (Å²) in [5.74, 6) is 0.148. The topological polar surface area (TPSA) is 114 Å². The zero-order chi connectivity index (χ0) is 23.1. The van der Waals surface area contributed by atoms with Gasteiger partial charge in [0.05, 0.1) is 39.5 Å². The normalized spacial score (nSPS) is 17.5. The van der Waals surface area contributed by atoms with E-state index < -0.39 is 5.91 Å². The summed E-state index contributed by atoms with van der Waals surface area (Å²) >= 11 is 1.69. The monoisotopic (exact) mass is 465 g/mol. The third kappa shape index (κ3) is 3.89. The molecule has 33 heavy (non-hydrogen) atoms. The first-order chi connectivity index (χ1) is 16.0. The molecule has 0 radical (unpaired) electrons. The molecule has 9 nitrogen and oxygen atoms in total. The number of amides is 1. The Morgan fingerprint density at radius 3 is 2.91 bits per heavy atom. The minimum atomic E-state index is -0.467. The summed E-state index contributed by atoms with van der Waals surface area (Å²) in [6.07, 6.45) is 5.46. The van der Waals surface area contributed by atoms with Crippen molar-refractivity contribution in [2.24, 2.45) is 5.73 Å². The summed E-state index contributed by atoms with van der Waals surface area (Å²) in [5.41, 5.74) is 9.70. The molecule has 0 bridgehead atoms. The van der Waals surface area contributed by atoms with E-state index in [1.165, 1.54) is 11.2 Å². The minimum absolute atomic E-state index is 0.122. The fourth-order valence-corrected chi connectivity index (χ4v) is 5.44. The van der Waals surface area contributed by atoms with Crippen molar-refractivity contribution in [3.8, 4) is 10.6 Å². The number of hydrogen-bond donors (Lipinski definition) is 2. The van der Waals surface area contributed by atoms with E-state index in [2.05, 4.69) is 46.1 Å². The van der Waals surface area contributed by atoms with E-state index in [0.29, 0.717) is 5.56 Å². The lowest BCUT2D eigenvalue weighted by Crippen LogP contribution is -2.39. The zero-order valence-corrected chi connectivity index (χ0v) is 19.7. The Morgan fingerprint density at radius 2 is 2.24 bits per heavy atom. The third-order valence-corrected chi connectivity index (χ3v) is 7.30. The predicted octanol–water partition coefficient (Wildman–Crippen LogP) is 3.36. The number of methoxy groups -OCH3 is 1. The lowest BCUT2D eigenvalue weighted by atomic mass is 10.0. The molecule has 0 aliphatic carbocycles. The molecule has 1 unspecified atom stereocenters. The van der Waals surface area contributed by atoms with E-state index in [-0.39, 0.29) is 12.0 Å². The number of nitrogens with zero attached hydrogens (tertiary/aromatic N) is 5. The fraction of sp³-hybridized carbons (Fsp3) is 0.391. The number of fused-ring (bicyclic) bond motifs is 1. The van der Waals surface area contributed by atoms with Crippen LogP contribution in [0.4, 0.5) is 5.69 Å². The van der Waals surface area contributed by atoms with Gasteiger partial charge in [0.2, 0.25) is 5.91 Å². The standard InChI is InChI=1S/C23H27N7O2S/c1-13-6-7-18(33-13)20-19(14(2)22-25-12-26-28-22)27-23-17(9-15(21(24)31)10-30(20)23)29-8-4-5-16(11-29)32-3/h6-7,9-10,12,14,16H,4-5,8,11H2,1-3H3,(H2,24,31)(H,25,26,28)/t14-,16?/m0/s1. The van der Waals surface area contributed by atoms with Crippen molar-refractivity contribution in [2.75, 3.05) is 25.1 Å². The largest absolute Gasteiger partial charge is 0.380 e. The van der Waals surface area contributed by atoms with Gasteiger partial charge < -0.3 is 15.4 Å². The highest BCUT2D eigenvalue weighted by atomic mass is 32.1. The van der Waals surface area contributed by atoms with Crippen LogP contribution in [0.5, 0.6) is 0 Å². The number of carbonyl (C=O) groups is 1. The second-order valence-electron chi connectivity index (χ2n) is 8.47. The molecule has 2 atom stereocenters. The molecule has 172 valence electrons. The molecular weight excluding hydrogens is 438 g/mol. The number of hydrogen-bond acceptors (Lipinski definition) is 7. The number of ether oxygens (including phenoxy) is 1. The number of pyridine rings is 1. The Morgan fingerprint density at radius 1 is 1.39 bits per heavy atom. The minimum Gasteiger partial charge on any atom is -0.380 e. The van der Waals surface area contributed by atoms with Gasteiger partial charge in [-0.15, -0.1) is 11.3 Å². The summed E-state index contributed by atoms with van der Waals surface area (Å²) in [5, 5.41) is 7.00. The maximum Gasteiger partial charge on any atom is 0.250 e. The van der Waals surface area contributed by atoms with Gasteiger partial charge in [-0.2, -0.15) is 5.10 Å². The smallest absolute Gasteiger partial charge is 0.250 e. The number of anilines is 1. The second-order valence-corrected chi connectivity index (χ2v) is 9.75. The molecular formula is C23H27N7O2S. The highest BCUT2D eigenvalue weighted by Crippen LogP contribution is 2.39. The molecule has 0 aromatic carbocycles. The van der Waals surface area contributed by atoms with Crippen LogP contribution in [0.25, 0.3) is 16.2 Å². The quantitative estimate of drug-likeness (QED) is 0.451. The fourth-order valence-electron chi connectivity index (χ4n) is 4.52. The summed E-state index contributed by atoms with van der Waals surface area (Å²) in [6, 6.07) is 6.04. The van der Waals surface area contributed by atoms with Crippen LogP contribution in [0.1, 0.15) is 52.4 Å². The zero-order valence-electron chi connectivity index (χ0n) is 18.9. The van der Waals surface area contributed by atoms with Gasteiger partial charge in [0.15, 0.2) is 5.65 Å². The van der Waals surface area contributed by atoms with Crippen molar-refractivity contribution in [3.05, 3.63) is 52.7 Å². The molecule has 1 fully saturated rings. The number of aromatic nitrogens is 5. The number of aryl methyl sites for hydroxylation is 1. The first kappa shape index (κ1) is 21.6. The van der Waals surface area contributed by atoms with Crippen LogP contribution in [0.3, 0.4) is 0 Å². The van der Waals surface area contributed by atoms with Crippen LogP contribution in [-0.2, 0) is 4.74 Å². The number of H-pyrrole nitrogens is 1. The summed E-state index contributed by atoms with van der Waals surface area (Å²) in [7, 11) is 1.74. The van der Waals surface area contributed by atoms with Crippen molar-refractivity contribution in [2.45, 2.75) is 38.7 Å². The van der Waals surface area contributed by atoms with Gasteiger partial charge in [-0.25, -0.2) is 9.97 Å². The number of nitrogens with one attached hydrogen (secondary N) is 1. The lowest BCUT2D eigenvalue weighted by Gasteiger charge is -2.33. The average Bonchev–Trinajstić information content (AvgIpc) is 3.57. The van der Waals surface area contributed by atoms with Crippen LogP contribution < -0.4 is 10.6 Å². The number of carbonyl (C=O) groups excluding carboxylic acids is 1. The number of imidazole rings is 1. The molecule has 4 aromatic heterocycles. The van der Waals surface area contributed by atoms with Gasteiger partial charge in [0.25, 0.3) is 0 Å². The van der Waals surface area contributed by atoms with Crippen molar-refractivity contribution >= 4 is 28.6 Å². The van der Waals surface area contributed by atoms with Gasteiger partial charge in [0.1, 0.15) is 12.2 Å². The molecule has 1 aliphatic rings. The van der Waals surface area contributed by atoms with Crippen molar-refractivity contribution in [1.82, 2.24) is 24.6 Å². The summed E-state index contributed by atoms with van der Waals surface area (Å²) in [4.78, 5) is 26.3. The SMILES string of the molecule is COC1CCCN(c2cc(C(N)=O)cn3c(-c4ccc(C)s4)c([C@H](C)c4ncn[nH]4)nc23)C1. The molecule has 5 heterocycles. The van der Waals surface area contributed by atoms with Crippen molar-refractivity contribution < 1.29 is 9.53 Å². The van der Waals surface area contributed by atoms with Gasteiger partial charge >= 0.3 is 0 Å². The van der Waals surface area contributed by atoms with Gasteiger partial charge in [-0.1, -0.05) is 0 Å². The maximum atomic E-state index is 12.3. The number of rotatable bonds is 6. The van der Waals surface area contributed by atoms with E-state index in [4.69, 9.17) is 15.5 Å². The van der Waals surface area contributed by atoms with Crippen molar-refractivity contribution in [1.29, 1.82) is 0 Å². The van der Waals surface area contributed by atoms with Crippen LogP contribution >= 0.6 is 11.3 Å². The van der Waals surface area contributed by atoms with Gasteiger partial charge in [-0.05, 0) is 44.9 Å². The number of thiophene rings is 1. The average molecular weight is 466 g/mol. The first-order valence-corrected chi connectivity index (χ1v) is 11.8.